The zero-order valence-corrected chi connectivity index (χ0v) is 8.69. The highest BCUT2D eigenvalue weighted by atomic mass is 16.6. The quantitative estimate of drug-likeness (QED) is 0.320. The summed E-state index contributed by atoms with van der Waals surface area (Å²) in [7, 11) is 0. The molecular formula is C10H13NO4. The minimum atomic E-state index is -1.35. The van der Waals surface area contributed by atoms with Gasteiger partial charge in [-0.15, -0.1) is 0 Å². The van der Waals surface area contributed by atoms with Crippen molar-refractivity contribution in [1.82, 2.24) is 0 Å². The van der Waals surface area contributed by atoms with Gasteiger partial charge in [-0.25, -0.2) is 9.59 Å². The second kappa shape index (κ2) is 6.74. The van der Waals surface area contributed by atoms with Crippen LogP contribution in [0.3, 0.4) is 0 Å². The van der Waals surface area contributed by atoms with Crippen molar-refractivity contribution in [2.45, 2.75) is 32.8 Å². The maximum atomic E-state index is 11.3. The van der Waals surface area contributed by atoms with E-state index in [2.05, 4.69) is 4.74 Å². The molecule has 0 fully saturated rings. The molecule has 5 nitrogen and oxygen atoms in total. The molecule has 1 unspecified atom stereocenters. The minimum absolute atomic E-state index is 0.133. The second-order valence-corrected chi connectivity index (χ2v) is 2.93. The number of hydrogen-bond acceptors (Lipinski definition) is 5. The van der Waals surface area contributed by atoms with E-state index < -0.39 is 18.0 Å². The van der Waals surface area contributed by atoms with Gasteiger partial charge in [-0.05, 0) is 13.3 Å². The van der Waals surface area contributed by atoms with E-state index in [4.69, 9.17) is 10.4 Å². The van der Waals surface area contributed by atoms with Crippen molar-refractivity contribution in [3.05, 3.63) is 11.6 Å². The first-order valence-electron chi connectivity index (χ1n) is 4.55. The Hall–Kier alpha value is -1.67. The fraction of sp³-hybridized carbons (Fsp3) is 0.500. The molecule has 0 aliphatic carbocycles. The van der Waals surface area contributed by atoms with Crippen molar-refractivity contribution in [2.24, 2.45) is 0 Å². The SMILES string of the molecule is CCCC(=CC#N)C(=O)OC(=O)C(C)O. The molecule has 0 aromatic rings. The van der Waals surface area contributed by atoms with Crippen LogP contribution in [0.4, 0.5) is 0 Å². The first-order chi connectivity index (χ1) is 7.02. The summed E-state index contributed by atoms with van der Waals surface area (Å²) >= 11 is 0. The number of rotatable bonds is 4. The first kappa shape index (κ1) is 13.3. The van der Waals surface area contributed by atoms with E-state index >= 15 is 0 Å². The lowest BCUT2D eigenvalue weighted by molar-refractivity contribution is -0.162. The zero-order chi connectivity index (χ0) is 11.8. The molecule has 0 heterocycles. The largest absolute Gasteiger partial charge is 0.388 e. The monoisotopic (exact) mass is 211 g/mol. The Kier molecular flexibility index (Phi) is 5.99. The Bertz CT molecular complexity index is 312. The first-order valence-corrected chi connectivity index (χ1v) is 4.55. The van der Waals surface area contributed by atoms with Gasteiger partial charge in [0.25, 0.3) is 0 Å². The molecule has 82 valence electrons. The van der Waals surface area contributed by atoms with Gasteiger partial charge in [0, 0.05) is 11.6 Å². The third-order valence-electron chi connectivity index (χ3n) is 1.55. The molecule has 0 aliphatic heterocycles. The molecular weight excluding hydrogens is 198 g/mol. The van der Waals surface area contributed by atoms with Crippen LogP contribution in [0.1, 0.15) is 26.7 Å². The highest BCUT2D eigenvalue weighted by Gasteiger charge is 2.18. The molecule has 0 bridgehead atoms. The fourth-order valence-corrected chi connectivity index (χ4v) is 0.823. The highest BCUT2D eigenvalue weighted by molar-refractivity contribution is 5.97. The minimum Gasteiger partial charge on any atom is -0.388 e. The standard InChI is InChI=1S/C10H13NO4/c1-3-4-8(5-6-11)10(14)15-9(13)7(2)12/h5,7,12H,3-4H2,1-2H3. The predicted octanol–water partition coefficient (Wildman–Crippen LogP) is 0.687. The Morgan fingerprint density at radius 2 is 2.20 bits per heavy atom. The van der Waals surface area contributed by atoms with Crippen molar-refractivity contribution in [2.75, 3.05) is 0 Å². The van der Waals surface area contributed by atoms with Gasteiger partial charge in [0.15, 0.2) is 0 Å². The van der Waals surface area contributed by atoms with Gasteiger partial charge in [0.1, 0.15) is 6.10 Å². The molecule has 0 rings (SSSR count). The number of esters is 2. The normalized spacial score (nSPS) is 12.8. The van der Waals surface area contributed by atoms with Crippen molar-refractivity contribution in [3.8, 4) is 6.07 Å². The molecule has 0 aromatic carbocycles. The summed E-state index contributed by atoms with van der Waals surface area (Å²) in [4.78, 5) is 22.1. The van der Waals surface area contributed by atoms with E-state index in [0.717, 1.165) is 6.08 Å². The van der Waals surface area contributed by atoms with Crippen LogP contribution in [-0.2, 0) is 14.3 Å². The van der Waals surface area contributed by atoms with Crippen LogP contribution in [-0.4, -0.2) is 23.1 Å². The van der Waals surface area contributed by atoms with Crippen LogP contribution in [0.2, 0.25) is 0 Å². The van der Waals surface area contributed by atoms with Crippen LogP contribution < -0.4 is 0 Å². The molecule has 1 atom stereocenters. The molecule has 5 heteroatoms. The van der Waals surface area contributed by atoms with Crippen LogP contribution in [0.25, 0.3) is 0 Å². The third-order valence-corrected chi connectivity index (χ3v) is 1.55. The molecule has 0 saturated heterocycles. The number of nitrogens with zero attached hydrogens (tertiary/aromatic N) is 1. The summed E-state index contributed by atoms with van der Waals surface area (Å²) in [6.07, 6.45) is 0.713. The van der Waals surface area contributed by atoms with Gasteiger partial charge >= 0.3 is 11.9 Å². The molecule has 15 heavy (non-hydrogen) atoms. The van der Waals surface area contributed by atoms with Crippen LogP contribution >= 0.6 is 0 Å². The number of aliphatic hydroxyl groups is 1. The lowest BCUT2D eigenvalue weighted by atomic mass is 10.1. The summed E-state index contributed by atoms with van der Waals surface area (Å²) in [5.74, 6) is -1.88. The molecule has 0 saturated carbocycles. The number of aliphatic hydroxyl groups excluding tert-OH is 1. The molecule has 0 aromatic heterocycles. The van der Waals surface area contributed by atoms with Crippen molar-refractivity contribution >= 4 is 11.9 Å². The van der Waals surface area contributed by atoms with Gasteiger partial charge in [-0.1, -0.05) is 13.3 Å². The summed E-state index contributed by atoms with van der Waals surface area (Å²) in [6, 6.07) is 1.70. The Balaban J connectivity index is 4.48. The van der Waals surface area contributed by atoms with Crippen LogP contribution in [0, 0.1) is 11.3 Å². The van der Waals surface area contributed by atoms with Gasteiger partial charge in [0.05, 0.1) is 6.07 Å². The van der Waals surface area contributed by atoms with Crippen molar-refractivity contribution < 1.29 is 19.4 Å². The fourth-order valence-electron chi connectivity index (χ4n) is 0.823. The summed E-state index contributed by atoms with van der Waals surface area (Å²) in [5.41, 5.74) is 0.133. The number of carbonyl (C=O) groups is 2. The zero-order valence-electron chi connectivity index (χ0n) is 8.69. The highest BCUT2D eigenvalue weighted by Crippen LogP contribution is 2.07. The number of ether oxygens (including phenoxy) is 1. The molecule has 0 spiro atoms. The van der Waals surface area contributed by atoms with Crippen LogP contribution in [0.5, 0.6) is 0 Å². The van der Waals surface area contributed by atoms with Gasteiger partial charge in [-0.3, -0.25) is 0 Å². The van der Waals surface area contributed by atoms with Gasteiger partial charge in [0.2, 0.25) is 0 Å². The summed E-state index contributed by atoms with van der Waals surface area (Å²) < 4.78 is 4.33. The number of allylic oxidation sites excluding steroid dienone is 1. The molecule has 0 radical (unpaired) electrons. The van der Waals surface area contributed by atoms with Crippen LogP contribution in [0.15, 0.2) is 11.6 Å². The Labute approximate surface area is 88.0 Å². The number of hydrogen-bond donors (Lipinski definition) is 1. The van der Waals surface area contributed by atoms with E-state index in [1.54, 1.807) is 6.07 Å². The predicted molar refractivity (Wildman–Crippen MR) is 51.4 cm³/mol. The number of nitriles is 1. The Morgan fingerprint density at radius 3 is 2.60 bits per heavy atom. The van der Waals surface area contributed by atoms with Gasteiger partial charge < -0.3 is 9.84 Å². The van der Waals surface area contributed by atoms with E-state index in [9.17, 15) is 9.59 Å². The second-order valence-electron chi connectivity index (χ2n) is 2.93. The lowest BCUT2D eigenvalue weighted by Crippen LogP contribution is -2.23. The van der Waals surface area contributed by atoms with Crippen molar-refractivity contribution in [3.63, 3.8) is 0 Å². The molecule has 1 N–H and O–H groups in total. The average Bonchev–Trinajstić information content (AvgIpc) is 2.17. The topological polar surface area (TPSA) is 87.4 Å². The lowest BCUT2D eigenvalue weighted by Gasteiger charge is -2.05. The summed E-state index contributed by atoms with van der Waals surface area (Å²) in [5, 5.41) is 17.2. The van der Waals surface area contributed by atoms with Crippen molar-refractivity contribution in [1.29, 1.82) is 5.26 Å². The maximum Gasteiger partial charge on any atom is 0.342 e. The third kappa shape index (κ3) is 4.93. The van der Waals surface area contributed by atoms with E-state index in [0.29, 0.717) is 12.8 Å². The van der Waals surface area contributed by atoms with E-state index in [1.165, 1.54) is 6.92 Å². The average molecular weight is 211 g/mol. The van der Waals surface area contributed by atoms with E-state index in [1.807, 2.05) is 6.92 Å². The Morgan fingerprint density at radius 1 is 1.60 bits per heavy atom. The van der Waals surface area contributed by atoms with Gasteiger partial charge in [-0.2, -0.15) is 5.26 Å². The number of carbonyl (C=O) groups excluding carboxylic acids is 2. The molecule has 0 aliphatic rings. The van der Waals surface area contributed by atoms with E-state index in [-0.39, 0.29) is 5.57 Å². The molecule has 0 amide bonds. The smallest absolute Gasteiger partial charge is 0.342 e. The maximum absolute atomic E-state index is 11.3. The summed E-state index contributed by atoms with van der Waals surface area (Å²) in [6.45, 7) is 3.03.